The van der Waals surface area contributed by atoms with Crippen LogP contribution in [-0.4, -0.2) is 22.3 Å². The van der Waals surface area contributed by atoms with Gasteiger partial charge in [0.1, 0.15) is 11.5 Å². The van der Waals surface area contributed by atoms with Gasteiger partial charge in [0.2, 0.25) is 5.78 Å². The molecule has 4 rings (SSSR count). The van der Waals surface area contributed by atoms with E-state index in [0.717, 1.165) is 16.6 Å². The van der Waals surface area contributed by atoms with E-state index in [1.54, 1.807) is 38.3 Å². The highest BCUT2D eigenvalue weighted by molar-refractivity contribution is 6.12. The summed E-state index contributed by atoms with van der Waals surface area (Å²) in [5, 5.41) is 4.13. The zero-order valence-electron chi connectivity index (χ0n) is 17.0. The minimum atomic E-state index is -0.345. The molecular formula is C24H21N3O3. The predicted molar refractivity (Wildman–Crippen MR) is 115 cm³/mol. The standard InChI is InChI=1S/C24H21N3O3/c1-15-13-19(17(3)30-15)24(29)26-25-14-20-16(2)22(27-12-8-7-11-21(20)27)23(28)18-9-5-4-6-10-18/h4-14H,1-3H3,(H,26,29)/b25-14-. The molecule has 0 aliphatic carbocycles. The molecule has 0 fully saturated rings. The molecule has 0 aliphatic heterocycles. The molecule has 0 radical (unpaired) electrons. The Kier molecular flexibility index (Phi) is 5.06. The largest absolute Gasteiger partial charge is 0.466 e. The maximum atomic E-state index is 13.2. The molecule has 6 nitrogen and oxygen atoms in total. The number of nitrogens with one attached hydrogen (secondary N) is 1. The first-order valence-electron chi connectivity index (χ1n) is 9.57. The highest BCUT2D eigenvalue weighted by Crippen LogP contribution is 2.24. The second-order valence-electron chi connectivity index (χ2n) is 7.06. The van der Waals surface area contributed by atoms with Crippen molar-refractivity contribution in [3.8, 4) is 0 Å². The third-order valence-electron chi connectivity index (χ3n) is 5.03. The molecule has 30 heavy (non-hydrogen) atoms. The van der Waals surface area contributed by atoms with Gasteiger partial charge in [-0.05, 0) is 44.5 Å². The lowest BCUT2D eigenvalue weighted by atomic mass is 10.0. The lowest BCUT2D eigenvalue weighted by Crippen LogP contribution is -2.17. The van der Waals surface area contributed by atoms with Gasteiger partial charge in [0.25, 0.3) is 5.91 Å². The van der Waals surface area contributed by atoms with E-state index in [1.165, 1.54) is 0 Å². The number of benzene rings is 1. The maximum absolute atomic E-state index is 13.2. The SMILES string of the molecule is Cc1cc(C(=O)N/N=C\c2c(C)c(C(=O)c3ccccc3)n3ccccc23)c(C)o1. The van der Waals surface area contributed by atoms with Crippen LogP contribution >= 0.6 is 0 Å². The average molecular weight is 399 g/mol. The van der Waals surface area contributed by atoms with Crippen LogP contribution in [0.3, 0.4) is 0 Å². The van der Waals surface area contributed by atoms with Crippen molar-refractivity contribution in [2.24, 2.45) is 5.10 Å². The van der Waals surface area contributed by atoms with E-state index in [2.05, 4.69) is 10.5 Å². The van der Waals surface area contributed by atoms with Crippen LogP contribution in [0.15, 0.2) is 70.3 Å². The van der Waals surface area contributed by atoms with Crippen molar-refractivity contribution in [1.82, 2.24) is 9.83 Å². The number of hydrazone groups is 1. The van der Waals surface area contributed by atoms with Crippen LogP contribution in [-0.2, 0) is 0 Å². The molecule has 0 atom stereocenters. The molecule has 1 aromatic carbocycles. The molecule has 6 heteroatoms. The Balaban J connectivity index is 1.69. The number of pyridine rings is 1. The van der Waals surface area contributed by atoms with Crippen LogP contribution in [0.5, 0.6) is 0 Å². The number of nitrogens with zero attached hydrogens (tertiary/aromatic N) is 2. The van der Waals surface area contributed by atoms with Crippen molar-refractivity contribution in [3.05, 3.63) is 100 Å². The Morgan fingerprint density at radius 2 is 1.77 bits per heavy atom. The van der Waals surface area contributed by atoms with Crippen LogP contribution in [0.4, 0.5) is 0 Å². The van der Waals surface area contributed by atoms with Gasteiger partial charge in [-0.1, -0.05) is 36.4 Å². The number of ketones is 1. The first-order valence-corrected chi connectivity index (χ1v) is 9.57. The fraction of sp³-hybridized carbons (Fsp3) is 0.125. The molecule has 0 saturated heterocycles. The summed E-state index contributed by atoms with van der Waals surface area (Å²) in [6, 6.07) is 16.5. The summed E-state index contributed by atoms with van der Waals surface area (Å²) < 4.78 is 7.25. The van der Waals surface area contributed by atoms with Crippen LogP contribution in [0.25, 0.3) is 5.52 Å². The molecule has 150 valence electrons. The minimum absolute atomic E-state index is 0.0671. The Morgan fingerprint density at radius 3 is 2.47 bits per heavy atom. The molecular weight excluding hydrogens is 378 g/mol. The van der Waals surface area contributed by atoms with Crippen LogP contribution in [0.2, 0.25) is 0 Å². The van der Waals surface area contributed by atoms with E-state index >= 15 is 0 Å². The molecule has 0 aliphatic rings. The number of rotatable bonds is 5. The number of aromatic nitrogens is 1. The Hall–Kier alpha value is -3.93. The predicted octanol–water partition coefficient (Wildman–Crippen LogP) is 4.45. The quantitative estimate of drug-likeness (QED) is 0.306. The van der Waals surface area contributed by atoms with Gasteiger partial charge in [0.05, 0.1) is 23.0 Å². The zero-order valence-corrected chi connectivity index (χ0v) is 17.0. The summed E-state index contributed by atoms with van der Waals surface area (Å²) >= 11 is 0. The fourth-order valence-electron chi connectivity index (χ4n) is 3.60. The Bertz CT molecular complexity index is 1280. The van der Waals surface area contributed by atoms with E-state index in [0.29, 0.717) is 28.3 Å². The summed E-state index contributed by atoms with van der Waals surface area (Å²) in [4.78, 5) is 25.5. The molecule has 0 bridgehead atoms. The number of hydrogen-bond donors (Lipinski definition) is 1. The fourth-order valence-corrected chi connectivity index (χ4v) is 3.60. The highest BCUT2D eigenvalue weighted by Gasteiger charge is 2.20. The van der Waals surface area contributed by atoms with Crippen molar-refractivity contribution in [3.63, 3.8) is 0 Å². The number of furan rings is 1. The molecule has 0 unspecified atom stereocenters. The zero-order chi connectivity index (χ0) is 21.3. The lowest BCUT2D eigenvalue weighted by Gasteiger charge is -2.03. The van der Waals surface area contributed by atoms with Crippen molar-refractivity contribution in [2.45, 2.75) is 20.8 Å². The third kappa shape index (κ3) is 3.43. The Labute approximate surface area is 173 Å². The number of carbonyl (C=O) groups excluding carboxylic acids is 2. The molecule has 3 aromatic heterocycles. The summed E-state index contributed by atoms with van der Waals surface area (Å²) in [5.41, 5.74) is 6.58. The van der Waals surface area contributed by atoms with Gasteiger partial charge in [-0.2, -0.15) is 5.10 Å². The van der Waals surface area contributed by atoms with Gasteiger partial charge >= 0.3 is 0 Å². The molecule has 0 saturated carbocycles. The van der Waals surface area contributed by atoms with Crippen LogP contribution < -0.4 is 5.43 Å². The van der Waals surface area contributed by atoms with E-state index in [-0.39, 0.29) is 11.7 Å². The molecule has 0 spiro atoms. The van der Waals surface area contributed by atoms with Gasteiger partial charge in [0, 0.05) is 17.3 Å². The monoisotopic (exact) mass is 399 g/mol. The summed E-state index contributed by atoms with van der Waals surface area (Å²) in [5.74, 6) is 0.797. The van der Waals surface area contributed by atoms with E-state index in [1.807, 2.05) is 53.9 Å². The second kappa shape index (κ2) is 7.83. The summed E-state index contributed by atoms with van der Waals surface area (Å²) in [6.07, 6.45) is 3.43. The number of hydrogen-bond acceptors (Lipinski definition) is 4. The second-order valence-corrected chi connectivity index (χ2v) is 7.06. The van der Waals surface area contributed by atoms with Gasteiger partial charge < -0.3 is 8.82 Å². The molecule has 4 aromatic rings. The lowest BCUT2D eigenvalue weighted by molar-refractivity contribution is 0.0952. The van der Waals surface area contributed by atoms with Crippen LogP contribution in [0.1, 0.15) is 49.1 Å². The maximum Gasteiger partial charge on any atom is 0.274 e. The van der Waals surface area contributed by atoms with Gasteiger partial charge in [-0.3, -0.25) is 9.59 Å². The first kappa shape index (κ1) is 19.4. The summed E-state index contributed by atoms with van der Waals surface area (Å²) in [7, 11) is 0. The van der Waals surface area contributed by atoms with Crippen molar-refractivity contribution < 1.29 is 14.0 Å². The highest BCUT2D eigenvalue weighted by atomic mass is 16.3. The van der Waals surface area contributed by atoms with Crippen molar-refractivity contribution in [1.29, 1.82) is 0 Å². The normalized spacial score (nSPS) is 11.3. The van der Waals surface area contributed by atoms with Gasteiger partial charge in [0.15, 0.2) is 0 Å². The van der Waals surface area contributed by atoms with Crippen LogP contribution in [0, 0.1) is 20.8 Å². The smallest absolute Gasteiger partial charge is 0.274 e. The number of aryl methyl sites for hydroxylation is 2. The first-order chi connectivity index (χ1) is 14.5. The van der Waals surface area contributed by atoms with E-state index in [4.69, 9.17) is 4.42 Å². The average Bonchev–Trinajstić information content (AvgIpc) is 3.23. The topological polar surface area (TPSA) is 76.1 Å². The third-order valence-corrected chi connectivity index (χ3v) is 5.03. The molecule has 1 N–H and O–H groups in total. The summed E-state index contributed by atoms with van der Waals surface area (Å²) in [6.45, 7) is 5.41. The van der Waals surface area contributed by atoms with Gasteiger partial charge in [-0.15, -0.1) is 0 Å². The van der Waals surface area contributed by atoms with E-state index < -0.39 is 0 Å². The number of fused-ring (bicyclic) bond motifs is 1. The van der Waals surface area contributed by atoms with E-state index in [9.17, 15) is 9.59 Å². The molecule has 3 heterocycles. The minimum Gasteiger partial charge on any atom is -0.466 e. The number of amides is 1. The van der Waals surface area contributed by atoms with Crippen molar-refractivity contribution >= 4 is 23.4 Å². The number of carbonyl (C=O) groups is 2. The van der Waals surface area contributed by atoms with Crippen molar-refractivity contribution in [2.75, 3.05) is 0 Å². The molecule has 1 amide bonds. The van der Waals surface area contributed by atoms with Gasteiger partial charge in [-0.25, -0.2) is 5.43 Å². The Morgan fingerprint density at radius 1 is 1.03 bits per heavy atom.